The predicted octanol–water partition coefficient (Wildman–Crippen LogP) is 7.22. The number of carbonyl (C=O) groups excluding carboxylic acids is 1. The molecule has 3 aromatic carbocycles. The lowest BCUT2D eigenvalue weighted by Crippen LogP contribution is -2.25. The number of nitrogens with zero attached hydrogens (tertiary/aromatic N) is 1. The first kappa shape index (κ1) is 20.4. The van der Waals surface area contributed by atoms with Crippen molar-refractivity contribution in [1.29, 1.82) is 0 Å². The molecule has 3 aromatic rings. The van der Waals surface area contributed by atoms with Crippen LogP contribution < -0.4 is 4.90 Å². The summed E-state index contributed by atoms with van der Waals surface area (Å²) >= 11 is 3.46. The fourth-order valence-corrected chi connectivity index (χ4v) is 3.81. The maximum atomic E-state index is 13.4. The summed E-state index contributed by atoms with van der Waals surface area (Å²) in [6.07, 6.45) is 3.93. The van der Waals surface area contributed by atoms with Gasteiger partial charge in [0.05, 0.1) is 5.70 Å². The minimum Gasteiger partial charge on any atom is -0.276 e. The number of hydrogen-bond acceptors (Lipinski definition) is 1. The summed E-state index contributed by atoms with van der Waals surface area (Å²) in [5.41, 5.74) is 5.78. The lowest BCUT2D eigenvalue weighted by atomic mass is 9.87. The van der Waals surface area contributed by atoms with Gasteiger partial charge < -0.3 is 0 Å². The van der Waals surface area contributed by atoms with Crippen LogP contribution in [0, 0.1) is 0 Å². The molecule has 0 bridgehead atoms. The highest BCUT2D eigenvalue weighted by molar-refractivity contribution is 9.10. The van der Waals surface area contributed by atoms with Crippen molar-refractivity contribution < 1.29 is 4.79 Å². The summed E-state index contributed by atoms with van der Waals surface area (Å²) in [4.78, 5) is 15.3. The molecule has 1 aliphatic rings. The first-order valence-electron chi connectivity index (χ1n) is 10.0. The summed E-state index contributed by atoms with van der Waals surface area (Å²) in [6.45, 7) is 6.58. The standard InChI is InChI=1S/C27H24BrNO/c1-27(2,3)22-11-15-24(16-12-22)29-25(20-7-5-4-6-8-20)18-21(26(29)30)17-19-9-13-23(28)14-10-19/h4-18H,1-3H3/b21-17+. The summed E-state index contributed by atoms with van der Waals surface area (Å²) in [5, 5.41) is 0. The normalized spacial score (nSPS) is 15.6. The lowest BCUT2D eigenvalue weighted by molar-refractivity contribution is -0.113. The highest BCUT2D eigenvalue weighted by Crippen LogP contribution is 2.36. The number of anilines is 1. The molecule has 0 atom stereocenters. The Hall–Kier alpha value is -2.91. The zero-order chi connectivity index (χ0) is 21.3. The minimum atomic E-state index is -0.0136. The largest absolute Gasteiger partial charge is 0.276 e. The maximum absolute atomic E-state index is 13.4. The smallest absolute Gasteiger partial charge is 0.262 e. The molecule has 30 heavy (non-hydrogen) atoms. The van der Waals surface area contributed by atoms with Gasteiger partial charge in [0.1, 0.15) is 0 Å². The first-order chi connectivity index (χ1) is 14.3. The van der Waals surface area contributed by atoms with Gasteiger partial charge in [-0.15, -0.1) is 0 Å². The van der Waals surface area contributed by atoms with Gasteiger partial charge in [0.2, 0.25) is 0 Å². The molecule has 0 saturated heterocycles. The van der Waals surface area contributed by atoms with Crippen molar-refractivity contribution in [1.82, 2.24) is 0 Å². The van der Waals surface area contributed by atoms with Crippen LogP contribution in [0.4, 0.5) is 5.69 Å². The fraction of sp³-hybridized carbons (Fsp3) is 0.148. The molecule has 0 spiro atoms. The van der Waals surface area contributed by atoms with E-state index >= 15 is 0 Å². The maximum Gasteiger partial charge on any atom is 0.262 e. The van der Waals surface area contributed by atoms with Gasteiger partial charge in [0.15, 0.2) is 0 Å². The van der Waals surface area contributed by atoms with Gasteiger partial charge in [-0.1, -0.05) is 91.3 Å². The monoisotopic (exact) mass is 457 g/mol. The molecule has 2 nitrogen and oxygen atoms in total. The summed E-state index contributed by atoms with van der Waals surface area (Å²) in [6, 6.07) is 26.3. The van der Waals surface area contributed by atoms with Crippen LogP contribution in [0.1, 0.15) is 37.5 Å². The van der Waals surface area contributed by atoms with E-state index < -0.39 is 0 Å². The molecule has 0 N–H and O–H groups in total. The van der Waals surface area contributed by atoms with Gasteiger partial charge in [-0.05, 0) is 58.5 Å². The highest BCUT2D eigenvalue weighted by atomic mass is 79.9. The summed E-state index contributed by atoms with van der Waals surface area (Å²) < 4.78 is 1.02. The van der Waals surface area contributed by atoms with Crippen molar-refractivity contribution in [3.05, 3.63) is 112 Å². The molecular weight excluding hydrogens is 434 g/mol. The molecule has 0 unspecified atom stereocenters. The zero-order valence-electron chi connectivity index (χ0n) is 17.4. The second-order valence-electron chi connectivity index (χ2n) is 8.48. The lowest BCUT2D eigenvalue weighted by Gasteiger charge is -2.23. The van der Waals surface area contributed by atoms with Gasteiger partial charge in [-0.25, -0.2) is 0 Å². The van der Waals surface area contributed by atoms with Crippen LogP contribution in [0.3, 0.4) is 0 Å². The van der Waals surface area contributed by atoms with Crippen molar-refractivity contribution in [3.8, 4) is 0 Å². The van der Waals surface area contributed by atoms with Crippen molar-refractivity contribution >= 4 is 39.3 Å². The number of hydrogen-bond donors (Lipinski definition) is 0. The second-order valence-corrected chi connectivity index (χ2v) is 9.40. The average Bonchev–Trinajstić information content (AvgIpc) is 3.06. The Morgan fingerprint density at radius 1 is 0.833 bits per heavy atom. The Kier molecular flexibility index (Phi) is 5.48. The van der Waals surface area contributed by atoms with Crippen LogP contribution >= 0.6 is 15.9 Å². The molecular formula is C27H24BrNO. The van der Waals surface area contributed by atoms with E-state index in [0.717, 1.165) is 27.0 Å². The van der Waals surface area contributed by atoms with Crippen LogP contribution in [0.15, 0.2) is 95.0 Å². The third-order valence-corrected chi connectivity index (χ3v) is 5.77. The topological polar surface area (TPSA) is 20.3 Å². The van der Waals surface area contributed by atoms with Crippen molar-refractivity contribution in [3.63, 3.8) is 0 Å². The Labute approximate surface area is 186 Å². The molecule has 1 aliphatic heterocycles. The number of carbonyl (C=O) groups is 1. The van der Waals surface area contributed by atoms with E-state index in [9.17, 15) is 4.79 Å². The Balaban J connectivity index is 1.77. The van der Waals surface area contributed by atoms with E-state index in [-0.39, 0.29) is 11.3 Å². The second kappa shape index (κ2) is 8.08. The van der Waals surface area contributed by atoms with Gasteiger partial charge in [-0.3, -0.25) is 9.69 Å². The van der Waals surface area contributed by atoms with E-state index in [1.54, 1.807) is 0 Å². The van der Waals surface area contributed by atoms with Gasteiger partial charge >= 0.3 is 0 Å². The van der Waals surface area contributed by atoms with Crippen LogP contribution in [0.2, 0.25) is 0 Å². The van der Waals surface area contributed by atoms with E-state index in [1.165, 1.54) is 5.56 Å². The number of benzene rings is 3. The highest BCUT2D eigenvalue weighted by Gasteiger charge is 2.30. The molecule has 4 rings (SSSR count). The van der Waals surface area contributed by atoms with Gasteiger partial charge in [0, 0.05) is 15.7 Å². The average molecular weight is 458 g/mol. The van der Waals surface area contributed by atoms with E-state index in [1.807, 2.05) is 83.8 Å². The SMILES string of the molecule is CC(C)(C)c1ccc(N2C(=O)/C(=C/c3ccc(Br)cc3)C=C2c2ccccc2)cc1. The third kappa shape index (κ3) is 4.17. The zero-order valence-corrected chi connectivity index (χ0v) is 19.0. The fourth-order valence-electron chi connectivity index (χ4n) is 3.54. The van der Waals surface area contributed by atoms with E-state index in [4.69, 9.17) is 0 Å². The molecule has 1 heterocycles. The molecule has 150 valence electrons. The Morgan fingerprint density at radius 3 is 2.07 bits per heavy atom. The summed E-state index contributed by atoms with van der Waals surface area (Å²) in [5.74, 6) is -0.0136. The van der Waals surface area contributed by atoms with E-state index in [2.05, 4.69) is 48.8 Å². The first-order valence-corrected chi connectivity index (χ1v) is 10.8. The predicted molar refractivity (Wildman–Crippen MR) is 129 cm³/mol. The molecule has 3 heteroatoms. The number of halogens is 1. The molecule has 0 radical (unpaired) electrons. The van der Waals surface area contributed by atoms with Crippen molar-refractivity contribution in [2.45, 2.75) is 26.2 Å². The van der Waals surface area contributed by atoms with E-state index in [0.29, 0.717) is 5.57 Å². The molecule has 0 aromatic heterocycles. The van der Waals surface area contributed by atoms with Crippen LogP contribution in [-0.2, 0) is 10.2 Å². The van der Waals surface area contributed by atoms with Crippen LogP contribution in [0.25, 0.3) is 11.8 Å². The van der Waals surface area contributed by atoms with Crippen LogP contribution in [-0.4, -0.2) is 5.91 Å². The molecule has 0 aliphatic carbocycles. The minimum absolute atomic E-state index is 0.0136. The van der Waals surface area contributed by atoms with Gasteiger partial charge in [-0.2, -0.15) is 0 Å². The third-order valence-electron chi connectivity index (χ3n) is 5.24. The molecule has 0 fully saturated rings. The number of rotatable bonds is 3. The van der Waals surface area contributed by atoms with Crippen LogP contribution in [0.5, 0.6) is 0 Å². The van der Waals surface area contributed by atoms with Crippen molar-refractivity contribution in [2.75, 3.05) is 4.90 Å². The van der Waals surface area contributed by atoms with Gasteiger partial charge in [0.25, 0.3) is 5.91 Å². The molecule has 0 saturated carbocycles. The number of amides is 1. The molecule has 1 amide bonds. The summed E-state index contributed by atoms with van der Waals surface area (Å²) in [7, 11) is 0. The quantitative estimate of drug-likeness (QED) is 0.380. The Bertz CT molecular complexity index is 1120. The Morgan fingerprint density at radius 2 is 1.47 bits per heavy atom. The van der Waals surface area contributed by atoms with Crippen molar-refractivity contribution in [2.24, 2.45) is 0 Å².